The molecule has 0 bridgehead atoms. The van der Waals surface area contributed by atoms with Gasteiger partial charge in [-0.05, 0) is 29.8 Å². The zero-order valence-electron chi connectivity index (χ0n) is 8.38. The predicted octanol–water partition coefficient (Wildman–Crippen LogP) is 1.42. The summed E-state index contributed by atoms with van der Waals surface area (Å²) in [5.41, 5.74) is 0.685. The van der Waals surface area contributed by atoms with Gasteiger partial charge in [0.05, 0.1) is 12.9 Å². The Hall–Kier alpha value is -2.14. The highest BCUT2D eigenvalue weighted by Gasteiger charge is 2.09. The van der Waals surface area contributed by atoms with Crippen LogP contribution in [0.4, 0.5) is 5.82 Å². The highest BCUT2D eigenvalue weighted by Crippen LogP contribution is 2.09. The van der Waals surface area contributed by atoms with Gasteiger partial charge in [0.25, 0.3) is 5.91 Å². The van der Waals surface area contributed by atoms with Crippen molar-refractivity contribution in [3.63, 3.8) is 0 Å². The van der Waals surface area contributed by atoms with E-state index < -0.39 is 0 Å². The van der Waals surface area contributed by atoms with Gasteiger partial charge < -0.3 is 14.8 Å². The third-order valence-electron chi connectivity index (χ3n) is 1.99. The number of amides is 1. The van der Waals surface area contributed by atoms with Crippen molar-refractivity contribution in [2.24, 2.45) is 0 Å². The predicted molar refractivity (Wildman–Crippen MR) is 56.8 cm³/mol. The average Bonchev–Trinajstić information content (AvgIpc) is 2.83. The van der Waals surface area contributed by atoms with Crippen molar-refractivity contribution >= 4 is 11.7 Å². The molecular weight excluding hydrogens is 208 g/mol. The average molecular weight is 218 g/mol. The molecule has 5 heteroatoms. The molecule has 1 amide bonds. The molecule has 0 saturated carbocycles. The zero-order valence-corrected chi connectivity index (χ0v) is 8.38. The SMILES string of the molecule is O=C(Nc1cc(CO)ccn1)c1ccco1. The summed E-state index contributed by atoms with van der Waals surface area (Å²) < 4.78 is 4.93. The minimum Gasteiger partial charge on any atom is -0.459 e. The molecule has 0 spiro atoms. The van der Waals surface area contributed by atoms with Crippen molar-refractivity contribution in [1.29, 1.82) is 0 Å². The molecule has 5 nitrogen and oxygen atoms in total. The Bertz CT molecular complexity index is 480. The number of aromatic nitrogens is 1. The number of hydrogen-bond acceptors (Lipinski definition) is 4. The molecule has 2 heterocycles. The molecule has 2 aromatic rings. The largest absolute Gasteiger partial charge is 0.459 e. The quantitative estimate of drug-likeness (QED) is 0.816. The van der Waals surface area contributed by atoms with Crippen molar-refractivity contribution in [1.82, 2.24) is 4.98 Å². The molecule has 0 aliphatic heterocycles. The van der Waals surface area contributed by atoms with Gasteiger partial charge in [0.2, 0.25) is 0 Å². The monoisotopic (exact) mass is 218 g/mol. The highest BCUT2D eigenvalue weighted by atomic mass is 16.3. The van der Waals surface area contributed by atoms with E-state index in [1.54, 1.807) is 24.3 Å². The maximum absolute atomic E-state index is 11.6. The molecule has 0 saturated heterocycles. The molecule has 0 radical (unpaired) electrons. The van der Waals surface area contributed by atoms with Crippen LogP contribution in [0.3, 0.4) is 0 Å². The zero-order chi connectivity index (χ0) is 11.4. The lowest BCUT2D eigenvalue weighted by Gasteiger charge is -2.03. The normalized spacial score (nSPS) is 10.1. The minimum atomic E-state index is -0.368. The van der Waals surface area contributed by atoms with Gasteiger partial charge in [-0.3, -0.25) is 4.79 Å². The van der Waals surface area contributed by atoms with Gasteiger partial charge in [0, 0.05) is 6.20 Å². The third kappa shape index (κ3) is 2.26. The second-order valence-electron chi connectivity index (χ2n) is 3.14. The smallest absolute Gasteiger partial charge is 0.292 e. The number of aliphatic hydroxyl groups is 1. The van der Waals surface area contributed by atoms with E-state index in [9.17, 15) is 4.79 Å². The van der Waals surface area contributed by atoms with Gasteiger partial charge in [-0.1, -0.05) is 0 Å². The second kappa shape index (κ2) is 4.59. The minimum absolute atomic E-state index is 0.0911. The molecule has 2 N–H and O–H groups in total. The third-order valence-corrected chi connectivity index (χ3v) is 1.99. The molecule has 2 aromatic heterocycles. The summed E-state index contributed by atoms with van der Waals surface area (Å²) in [5.74, 6) is 0.233. The van der Waals surface area contributed by atoms with E-state index in [2.05, 4.69) is 10.3 Å². The van der Waals surface area contributed by atoms with Gasteiger partial charge in [-0.2, -0.15) is 0 Å². The van der Waals surface area contributed by atoms with Gasteiger partial charge in [-0.15, -0.1) is 0 Å². The molecule has 0 atom stereocenters. The number of nitrogens with zero attached hydrogens (tertiary/aromatic N) is 1. The molecule has 0 aromatic carbocycles. The lowest BCUT2D eigenvalue weighted by Crippen LogP contribution is -2.12. The summed E-state index contributed by atoms with van der Waals surface area (Å²) in [4.78, 5) is 15.5. The number of anilines is 1. The lowest BCUT2D eigenvalue weighted by atomic mass is 10.3. The topological polar surface area (TPSA) is 75.4 Å². The van der Waals surface area contributed by atoms with Crippen molar-refractivity contribution in [2.45, 2.75) is 6.61 Å². The van der Waals surface area contributed by atoms with Crippen LogP contribution >= 0.6 is 0 Å². The summed E-state index contributed by atoms with van der Waals surface area (Å²) >= 11 is 0. The fourth-order valence-electron chi connectivity index (χ4n) is 1.23. The summed E-state index contributed by atoms with van der Waals surface area (Å²) in [6, 6.07) is 6.46. The van der Waals surface area contributed by atoms with Crippen LogP contribution < -0.4 is 5.32 Å². The van der Waals surface area contributed by atoms with Crippen LogP contribution in [-0.4, -0.2) is 16.0 Å². The van der Waals surface area contributed by atoms with Crippen LogP contribution in [0, 0.1) is 0 Å². The Balaban J connectivity index is 2.12. The standard InChI is InChI=1S/C11H10N2O3/c14-7-8-3-4-12-10(6-8)13-11(15)9-2-1-5-16-9/h1-6,14H,7H2,(H,12,13,15). The Morgan fingerprint density at radius 2 is 2.38 bits per heavy atom. The van der Waals surface area contributed by atoms with Crippen LogP contribution in [0.5, 0.6) is 0 Å². The summed E-state index contributed by atoms with van der Waals surface area (Å²) in [5, 5.41) is 11.5. The first-order valence-corrected chi connectivity index (χ1v) is 4.70. The van der Waals surface area contributed by atoms with Gasteiger partial charge >= 0.3 is 0 Å². The lowest BCUT2D eigenvalue weighted by molar-refractivity contribution is 0.0996. The number of furan rings is 1. The Morgan fingerprint density at radius 1 is 1.50 bits per heavy atom. The van der Waals surface area contributed by atoms with Crippen LogP contribution in [0.1, 0.15) is 16.1 Å². The summed E-state index contributed by atoms with van der Waals surface area (Å²) in [7, 11) is 0. The number of carbonyl (C=O) groups is 1. The molecule has 0 unspecified atom stereocenters. The maximum Gasteiger partial charge on any atom is 0.292 e. The molecule has 82 valence electrons. The van der Waals surface area contributed by atoms with Crippen LogP contribution in [-0.2, 0) is 6.61 Å². The first-order valence-electron chi connectivity index (χ1n) is 4.70. The molecule has 16 heavy (non-hydrogen) atoms. The van der Waals surface area contributed by atoms with E-state index >= 15 is 0 Å². The van der Waals surface area contributed by atoms with Crippen LogP contribution in [0.25, 0.3) is 0 Å². The van der Waals surface area contributed by atoms with Crippen LogP contribution in [0.2, 0.25) is 0 Å². The van der Waals surface area contributed by atoms with Gasteiger partial charge in [0.15, 0.2) is 5.76 Å². The van der Waals surface area contributed by atoms with Crippen molar-refractivity contribution in [3.05, 3.63) is 48.0 Å². The number of carbonyl (C=O) groups excluding carboxylic acids is 1. The maximum atomic E-state index is 11.6. The van der Waals surface area contributed by atoms with Crippen molar-refractivity contribution in [2.75, 3.05) is 5.32 Å². The van der Waals surface area contributed by atoms with Gasteiger partial charge in [0.1, 0.15) is 5.82 Å². The first kappa shape index (κ1) is 10.4. The van der Waals surface area contributed by atoms with E-state index in [1.165, 1.54) is 12.5 Å². The first-order chi connectivity index (χ1) is 7.79. The summed E-state index contributed by atoms with van der Waals surface area (Å²) in [6.07, 6.45) is 2.94. The van der Waals surface area contributed by atoms with Crippen molar-refractivity contribution < 1.29 is 14.3 Å². The highest BCUT2D eigenvalue weighted by molar-refractivity contribution is 6.01. The van der Waals surface area contributed by atoms with E-state index in [1.807, 2.05) is 0 Å². The number of aliphatic hydroxyl groups excluding tert-OH is 1. The second-order valence-corrected chi connectivity index (χ2v) is 3.14. The van der Waals surface area contributed by atoms with Crippen molar-refractivity contribution in [3.8, 4) is 0 Å². The molecule has 0 aliphatic rings. The molecule has 0 aliphatic carbocycles. The number of rotatable bonds is 3. The van der Waals surface area contributed by atoms with E-state index in [0.29, 0.717) is 11.4 Å². The molecule has 0 fully saturated rings. The van der Waals surface area contributed by atoms with E-state index in [0.717, 1.165) is 0 Å². The van der Waals surface area contributed by atoms with Crippen LogP contribution in [0.15, 0.2) is 41.1 Å². The number of pyridine rings is 1. The Kier molecular flexibility index (Phi) is 2.98. The Morgan fingerprint density at radius 3 is 3.06 bits per heavy atom. The number of nitrogens with one attached hydrogen (secondary N) is 1. The van der Waals surface area contributed by atoms with E-state index in [-0.39, 0.29) is 18.3 Å². The Labute approximate surface area is 91.7 Å². The number of hydrogen-bond donors (Lipinski definition) is 2. The van der Waals surface area contributed by atoms with E-state index in [4.69, 9.17) is 9.52 Å². The fourth-order valence-corrected chi connectivity index (χ4v) is 1.23. The summed E-state index contributed by atoms with van der Waals surface area (Å²) in [6.45, 7) is -0.0911. The molecule has 2 rings (SSSR count). The van der Waals surface area contributed by atoms with Gasteiger partial charge in [-0.25, -0.2) is 4.98 Å². The fraction of sp³-hybridized carbons (Fsp3) is 0.0909. The molecular formula is C11H10N2O3.